The Labute approximate surface area is 119 Å². The zero-order chi connectivity index (χ0) is 15.2. The van der Waals surface area contributed by atoms with E-state index in [4.69, 9.17) is 15.9 Å². The van der Waals surface area contributed by atoms with Crippen molar-refractivity contribution in [1.29, 1.82) is 0 Å². The number of nitrogens with two attached hydrogens (primary N) is 1. The van der Waals surface area contributed by atoms with Crippen LogP contribution in [0.5, 0.6) is 0 Å². The highest BCUT2D eigenvalue weighted by Gasteiger charge is 2.24. The van der Waals surface area contributed by atoms with Gasteiger partial charge in [0.2, 0.25) is 10.0 Å². The van der Waals surface area contributed by atoms with Gasteiger partial charge in [-0.05, 0) is 24.1 Å². The van der Waals surface area contributed by atoms with Crippen molar-refractivity contribution >= 4 is 10.0 Å². The van der Waals surface area contributed by atoms with E-state index in [-0.39, 0.29) is 37.2 Å². The molecule has 7 heteroatoms. The van der Waals surface area contributed by atoms with Gasteiger partial charge in [0.05, 0.1) is 18.1 Å². The lowest BCUT2D eigenvalue weighted by Crippen LogP contribution is -2.35. The van der Waals surface area contributed by atoms with Crippen molar-refractivity contribution < 1.29 is 18.6 Å². The Morgan fingerprint density at radius 2 is 1.85 bits per heavy atom. The largest absolute Gasteiger partial charge is 0.395 e. The van der Waals surface area contributed by atoms with E-state index in [9.17, 15) is 8.42 Å². The molecule has 0 aliphatic rings. The minimum Gasteiger partial charge on any atom is -0.395 e. The van der Waals surface area contributed by atoms with Gasteiger partial charge in [-0.2, -0.15) is 4.31 Å². The standard InChI is InChI=1S/C13H22N2O4S/c1-2-13(14)11-4-3-5-12(10-11)20(18,19)15(6-8-16)7-9-17/h3-5,10,13,16-17H,2,6-9,14H2,1H3. The van der Waals surface area contributed by atoms with E-state index < -0.39 is 10.0 Å². The normalized spacial score (nSPS) is 13.7. The Hall–Kier alpha value is -0.990. The second-order valence-corrected chi connectivity index (χ2v) is 6.38. The second-order valence-electron chi connectivity index (χ2n) is 4.44. The minimum atomic E-state index is -3.73. The molecule has 1 unspecified atom stereocenters. The van der Waals surface area contributed by atoms with Gasteiger partial charge in [-0.1, -0.05) is 19.1 Å². The number of benzene rings is 1. The van der Waals surface area contributed by atoms with Crippen molar-refractivity contribution in [2.75, 3.05) is 26.3 Å². The molecule has 0 saturated heterocycles. The number of aliphatic hydroxyl groups is 2. The first-order valence-corrected chi connectivity index (χ1v) is 7.98. The lowest BCUT2D eigenvalue weighted by atomic mass is 10.1. The fourth-order valence-electron chi connectivity index (χ4n) is 1.87. The lowest BCUT2D eigenvalue weighted by molar-refractivity contribution is 0.217. The molecule has 114 valence electrons. The predicted octanol–water partition coefficient (Wildman–Crippen LogP) is 0.0717. The van der Waals surface area contributed by atoms with Gasteiger partial charge in [0, 0.05) is 19.1 Å². The first kappa shape index (κ1) is 17.1. The van der Waals surface area contributed by atoms with Gasteiger partial charge in [0.1, 0.15) is 0 Å². The predicted molar refractivity (Wildman–Crippen MR) is 76.6 cm³/mol. The molecule has 0 aliphatic carbocycles. The van der Waals surface area contributed by atoms with Crippen LogP contribution < -0.4 is 5.73 Å². The van der Waals surface area contributed by atoms with E-state index in [0.717, 1.165) is 9.87 Å². The summed E-state index contributed by atoms with van der Waals surface area (Å²) in [5.74, 6) is 0. The van der Waals surface area contributed by atoms with Crippen LogP contribution in [-0.2, 0) is 10.0 Å². The smallest absolute Gasteiger partial charge is 0.243 e. The highest BCUT2D eigenvalue weighted by Crippen LogP contribution is 2.21. The topological polar surface area (TPSA) is 104 Å². The highest BCUT2D eigenvalue weighted by atomic mass is 32.2. The molecule has 0 aliphatic heterocycles. The van der Waals surface area contributed by atoms with E-state index in [2.05, 4.69) is 0 Å². The first-order chi connectivity index (χ1) is 9.47. The summed E-state index contributed by atoms with van der Waals surface area (Å²) in [6.45, 7) is 1.23. The highest BCUT2D eigenvalue weighted by molar-refractivity contribution is 7.89. The Bertz CT molecular complexity index is 513. The molecule has 1 atom stereocenters. The van der Waals surface area contributed by atoms with Crippen LogP contribution in [-0.4, -0.2) is 49.2 Å². The molecule has 0 heterocycles. The number of sulfonamides is 1. The zero-order valence-electron chi connectivity index (χ0n) is 11.6. The Morgan fingerprint density at radius 3 is 2.35 bits per heavy atom. The van der Waals surface area contributed by atoms with Crippen molar-refractivity contribution in [3.63, 3.8) is 0 Å². The summed E-state index contributed by atoms with van der Waals surface area (Å²) in [4.78, 5) is 0.126. The monoisotopic (exact) mass is 302 g/mol. The number of rotatable bonds is 8. The van der Waals surface area contributed by atoms with Crippen LogP contribution in [0, 0.1) is 0 Å². The van der Waals surface area contributed by atoms with Crippen molar-refractivity contribution in [3.05, 3.63) is 29.8 Å². The van der Waals surface area contributed by atoms with Crippen molar-refractivity contribution in [2.45, 2.75) is 24.3 Å². The number of aliphatic hydroxyl groups excluding tert-OH is 2. The van der Waals surface area contributed by atoms with Gasteiger partial charge in [0.25, 0.3) is 0 Å². The molecule has 1 aromatic carbocycles. The molecular formula is C13H22N2O4S. The van der Waals surface area contributed by atoms with Crippen molar-refractivity contribution in [2.24, 2.45) is 5.73 Å². The van der Waals surface area contributed by atoms with Gasteiger partial charge in [0.15, 0.2) is 0 Å². The molecule has 1 aromatic rings. The zero-order valence-corrected chi connectivity index (χ0v) is 12.4. The van der Waals surface area contributed by atoms with Crippen molar-refractivity contribution in [3.8, 4) is 0 Å². The Kier molecular flexibility index (Phi) is 6.57. The molecule has 0 saturated carbocycles. The number of nitrogens with zero attached hydrogens (tertiary/aromatic N) is 1. The van der Waals surface area contributed by atoms with Crippen LogP contribution in [0.3, 0.4) is 0 Å². The molecular weight excluding hydrogens is 280 g/mol. The molecule has 1 rings (SSSR count). The summed E-state index contributed by atoms with van der Waals surface area (Å²) in [6, 6.07) is 6.26. The van der Waals surface area contributed by atoms with E-state index in [1.54, 1.807) is 18.2 Å². The second kappa shape index (κ2) is 7.70. The summed E-state index contributed by atoms with van der Waals surface area (Å²) in [7, 11) is -3.73. The van der Waals surface area contributed by atoms with E-state index in [1.807, 2.05) is 6.92 Å². The lowest BCUT2D eigenvalue weighted by Gasteiger charge is -2.21. The Morgan fingerprint density at radius 1 is 1.25 bits per heavy atom. The molecule has 4 N–H and O–H groups in total. The van der Waals surface area contributed by atoms with Crippen LogP contribution in [0.4, 0.5) is 0 Å². The van der Waals surface area contributed by atoms with Crippen molar-refractivity contribution in [1.82, 2.24) is 4.31 Å². The van der Waals surface area contributed by atoms with E-state index in [0.29, 0.717) is 6.42 Å². The summed E-state index contributed by atoms with van der Waals surface area (Å²) in [5, 5.41) is 17.9. The fourth-order valence-corrected chi connectivity index (χ4v) is 3.34. The van der Waals surface area contributed by atoms with Gasteiger partial charge in [-0.15, -0.1) is 0 Å². The van der Waals surface area contributed by atoms with E-state index >= 15 is 0 Å². The van der Waals surface area contributed by atoms with Gasteiger partial charge in [-0.3, -0.25) is 0 Å². The molecule has 0 fully saturated rings. The quantitative estimate of drug-likeness (QED) is 0.630. The SMILES string of the molecule is CCC(N)c1cccc(S(=O)(=O)N(CCO)CCO)c1. The molecule has 6 nitrogen and oxygen atoms in total. The third kappa shape index (κ3) is 4.00. The summed E-state index contributed by atoms with van der Waals surface area (Å²) in [6.07, 6.45) is 0.709. The van der Waals surface area contributed by atoms with Crippen LogP contribution in [0.15, 0.2) is 29.2 Å². The van der Waals surface area contributed by atoms with Crippen LogP contribution in [0.25, 0.3) is 0 Å². The third-order valence-corrected chi connectivity index (χ3v) is 4.96. The molecule has 0 radical (unpaired) electrons. The molecule has 0 spiro atoms. The molecule has 20 heavy (non-hydrogen) atoms. The average molecular weight is 302 g/mol. The summed E-state index contributed by atoms with van der Waals surface area (Å²) >= 11 is 0. The van der Waals surface area contributed by atoms with Gasteiger partial charge >= 0.3 is 0 Å². The molecule has 0 aromatic heterocycles. The van der Waals surface area contributed by atoms with E-state index in [1.165, 1.54) is 6.07 Å². The maximum atomic E-state index is 12.4. The summed E-state index contributed by atoms with van der Waals surface area (Å²) < 4.78 is 25.9. The van der Waals surface area contributed by atoms with Crippen LogP contribution >= 0.6 is 0 Å². The first-order valence-electron chi connectivity index (χ1n) is 6.54. The number of hydrogen-bond acceptors (Lipinski definition) is 5. The Balaban J connectivity index is 3.13. The number of hydrogen-bond donors (Lipinski definition) is 3. The summed E-state index contributed by atoms with van der Waals surface area (Å²) in [5.41, 5.74) is 6.66. The van der Waals surface area contributed by atoms with Gasteiger partial charge < -0.3 is 15.9 Å². The minimum absolute atomic E-state index is 0.0487. The third-order valence-electron chi connectivity index (χ3n) is 3.06. The molecule has 0 bridgehead atoms. The maximum Gasteiger partial charge on any atom is 0.243 e. The van der Waals surface area contributed by atoms with Gasteiger partial charge in [-0.25, -0.2) is 8.42 Å². The molecule has 0 amide bonds. The maximum absolute atomic E-state index is 12.4. The fraction of sp³-hybridized carbons (Fsp3) is 0.538. The van der Waals surface area contributed by atoms with Crippen LogP contribution in [0.2, 0.25) is 0 Å². The van der Waals surface area contributed by atoms with Crippen LogP contribution in [0.1, 0.15) is 24.9 Å². The average Bonchev–Trinajstić information content (AvgIpc) is 2.46.